The van der Waals surface area contributed by atoms with E-state index in [1.807, 2.05) is 0 Å². The summed E-state index contributed by atoms with van der Waals surface area (Å²) in [7, 11) is 3.14. The number of carbonyl (C=O) groups excluding carboxylic acids is 1. The van der Waals surface area contributed by atoms with Crippen LogP contribution in [0.25, 0.3) is 22.4 Å². The minimum absolute atomic E-state index is 0.0381. The van der Waals surface area contributed by atoms with Crippen molar-refractivity contribution in [3.05, 3.63) is 70.6 Å². The van der Waals surface area contributed by atoms with Gasteiger partial charge in [0.15, 0.2) is 0 Å². The van der Waals surface area contributed by atoms with Crippen molar-refractivity contribution >= 4 is 11.8 Å². The molecule has 2 heterocycles. The Morgan fingerprint density at radius 3 is 2.48 bits per heavy atom. The van der Waals surface area contributed by atoms with Crippen molar-refractivity contribution in [2.24, 2.45) is 0 Å². The summed E-state index contributed by atoms with van der Waals surface area (Å²) in [6, 6.07) is 10.5. The van der Waals surface area contributed by atoms with Gasteiger partial charge in [-0.2, -0.15) is 13.2 Å². The Bertz CT molecular complexity index is 1110. The molecule has 2 N–H and O–H groups in total. The molecule has 0 fully saturated rings. The quantitative estimate of drug-likeness (QED) is 0.689. The van der Waals surface area contributed by atoms with Crippen LogP contribution in [-0.4, -0.2) is 35.0 Å². The number of nitrogens with zero attached hydrogens (tertiary/aromatic N) is 2. The van der Waals surface area contributed by atoms with Gasteiger partial charge in [0.2, 0.25) is 5.56 Å². The van der Waals surface area contributed by atoms with Gasteiger partial charge in [-0.25, -0.2) is 9.78 Å². The summed E-state index contributed by atoms with van der Waals surface area (Å²) in [5.74, 6) is 0.249. The molecule has 0 aliphatic carbocycles. The van der Waals surface area contributed by atoms with Crippen molar-refractivity contribution in [2.75, 3.05) is 19.4 Å². The zero-order chi connectivity index (χ0) is 21.2. The molecule has 29 heavy (non-hydrogen) atoms. The van der Waals surface area contributed by atoms with Gasteiger partial charge in [0.1, 0.15) is 5.82 Å². The molecule has 6 nitrogen and oxygen atoms in total. The molecule has 0 unspecified atom stereocenters. The highest BCUT2D eigenvalue weighted by atomic mass is 19.4. The topological polar surface area (TPSA) is 78.1 Å². The van der Waals surface area contributed by atoms with E-state index < -0.39 is 17.3 Å². The molecule has 3 aromatic rings. The summed E-state index contributed by atoms with van der Waals surface area (Å²) in [4.78, 5) is 31.8. The van der Waals surface area contributed by atoms with Gasteiger partial charge < -0.3 is 9.88 Å². The van der Waals surface area contributed by atoms with Gasteiger partial charge in [0.25, 0.3) is 0 Å². The summed E-state index contributed by atoms with van der Waals surface area (Å²) in [5, 5.41) is 2.58. The van der Waals surface area contributed by atoms with Crippen LogP contribution in [0.5, 0.6) is 0 Å². The fourth-order valence-electron chi connectivity index (χ4n) is 2.72. The lowest BCUT2D eigenvalue weighted by Gasteiger charge is -2.14. The Hall–Kier alpha value is -3.62. The first-order valence-electron chi connectivity index (χ1n) is 8.51. The van der Waals surface area contributed by atoms with Gasteiger partial charge >= 0.3 is 12.2 Å². The lowest BCUT2D eigenvalue weighted by molar-refractivity contribution is -0.137. The Balaban J connectivity index is 2.06. The molecule has 0 saturated heterocycles. The summed E-state index contributed by atoms with van der Waals surface area (Å²) in [6.07, 6.45) is -3.13. The number of hydrogen-bond acceptors (Lipinski definition) is 3. The van der Waals surface area contributed by atoms with E-state index in [1.165, 1.54) is 47.5 Å². The highest BCUT2D eigenvalue weighted by molar-refractivity contribution is 5.88. The Morgan fingerprint density at radius 1 is 1.07 bits per heavy atom. The average Bonchev–Trinajstić information content (AvgIpc) is 2.67. The van der Waals surface area contributed by atoms with E-state index in [4.69, 9.17) is 0 Å². The van der Waals surface area contributed by atoms with Crippen LogP contribution >= 0.6 is 0 Å². The molecule has 9 heteroatoms. The predicted molar refractivity (Wildman–Crippen MR) is 103 cm³/mol. The Kier molecular flexibility index (Phi) is 5.40. The number of carbonyl (C=O) groups is 1. The fraction of sp³-hybridized carbons (Fsp3) is 0.150. The van der Waals surface area contributed by atoms with Crippen LogP contribution < -0.4 is 10.9 Å². The number of amides is 2. The average molecular weight is 402 g/mol. The molecule has 0 bridgehead atoms. The van der Waals surface area contributed by atoms with E-state index >= 15 is 0 Å². The van der Waals surface area contributed by atoms with Gasteiger partial charge in [-0.1, -0.05) is 18.2 Å². The molecule has 0 radical (unpaired) electrons. The maximum atomic E-state index is 13.4. The maximum absolute atomic E-state index is 13.4. The zero-order valence-corrected chi connectivity index (χ0v) is 15.5. The van der Waals surface area contributed by atoms with Crippen LogP contribution in [0.4, 0.5) is 23.8 Å². The van der Waals surface area contributed by atoms with Crippen LogP contribution in [-0.2, 0) is 6.18 Å². The predicted octanol–water partition coefficient (Wildman–Crippen LogP) is 4.22. The number of urea groups is 1. The van der Waals surface area contributed by atoms with E-state index in [2.05, 4.69) is 15.3 Å². The van der Waals surface area contributed by atoms with E-state index in [0.29, 0.717) is 11.1 Å². The van der Waals surface area contributed by atoms with Crippen molar-refractivity contribution in [2.45, 2.75) is 6.18 Å². The summed E-state index contributed by atoms with van der Waals surface area (Å²) in [6.45, 7) is 0. The Morgan fingerprint density at radius 2 is 1.79 bits per heavy atom. The van der Waals surface area contributed by atoms with Gasteiger partial charge in [0, 0.05) is 37.6 Å². The number of aromatic amines is 1. The van der Waals surface area contributed by atoms with Crippen molar-refractivity contribution < 1.29 is 18.0 Å². The summed E-state index contributed by atoms with van der Waals surface area (Å²) in [5.41, 5.74) is -0.578. The molecule has 0 aliphatic rings. The van der Waals surface area contributed by atoms with Crippen LogP contribution in [0.3, 0.4) is 0 Å². The third-order valence-electron chi connectivity index (χ3n) is 4.10. The highest BCUT2D eigenvalue weighted by Gasteiger charge is 2.33. The minimum Gasteiger partial charge on any atom is -0.331 e. The maximum Gasteiger partial charge on any atom is 0.417 e. The van der Waals surface area contributed by atoms with Gasteiger partial charge in [-0.05, 0) is 35.4 Å². The first-order chi connectivity index (χ1) is 13.6. The molecule has 3 rings (SSSR count). The van der Waals surface area contributed by atoms with E-state index in [1.54, 1.807) is 20.2 Å². The van der Waals surface area contributed by atoms with Gasteiger partial charge in [0.05, 0.1) is 5.56 Å². The molecule has 2 amide bonds. The third-order valence-corrected chi connectivity index (χ3v) is 4.10. The highest BCUT2D eigenvalue weighted by Crippen LogP contribution is 2.36. The second-order valence-electron chi connectivity index (χ2n) is 6.44. The van der Waals surface area contributed by atoms with Crippen LogP contribution in [0.1, 0.15) is 5.56 Å². The van der Waals surface area contributed by atoms with Crippen LogP contribution in [0, 0.1) is 0 Å². The number of hydrogen-bond donors (Lipinski definition) is 2. The van der Waals surface area contributed by atoms with Crippen LogP contribution in [0.2, 0.25) is 0 Å². The fourth-order valence-corrected chi connectivity index (χ4v) is 2.72. The lowest BCUT2D eigenvalue weighted by atomic mass is 10.0. The molecule has 2 aromatic heterocycles. The number of rotatable bonds is 3. The van der Waals surface area contributed by atoms with Crippen molar-refractivity contribution in [3.8, 4) is 22.4 Å². The molecule has 0 atom stereocenters. The molecule has 1 aromatic carbocycles. The number of aromatic nitrogens is 2. The smallest absolute Gasteiger partial charge is 0.331 e. The van der Waals surface area contributed by atoms with Gasteiger partial charge in [-0.15, -0.1) is 0 Å². The molecule has 0 spiro atoms. The zero-order valence-electron chi connectivity index (χ0n) is 15.5. The molecular formula is C20H17F3N4O2. The number of benzene rings is 1. The second kappa shape index (κ2) is 7.78. The first-order valence-corrected chi connectivity index (χ1v) is 8.51. The lowest BCUT2D eigenvalue weighted by Crippen LogP contribution is -2.27. The minimum atomic E-state index is -4.57. The number of halogens is 3. The molecule has 0 aliphatic heterocycles. The largest absolute Gasteiger partial charge is 0.417 e. The van der Waals surface area contributed by atoms with Crippen molar-refractivity contribution in [1.82, 2.24) is 14.9 Å². The normalized spacial score (nSPS) is 11.2. The standard InChI is InChI=1S/C20H17F3N4O2/c1-27(2)19(29)26-17-10-12(7-8-24-17)13-9-16(25-18(28)11-13)14-5-3-4-6-15(14)20(21,22)23/h3-11H,1-2H3,(H,25,28)(H,24,26,29). The number of anilines is 1. The van der Waals surface area contributed by atoms with E-state index in [0.717, 1.165) is 6.07 Å². The number of nitrogens with one attached hydrogen (secondary N) is 2. The number of pyridine rings is 2. The second-order valence-corrected chi connectivity index (χ2v) is 6.44. The third kappa shape index (κ3) is 4.63. The molecule has 150 valence electrons. The van der Waals surface area contributed by atoms with E-state index in [9.17, 15) is 22.8 Å². The van der Waals surface area contributed by atoms with E-state index in [-0.39, 0.29) is 23.1 Å². The monoisotopic (exact) mass is 402 g/mol. The summed E-state index contributed by atoms with van der Waals surface area (Å²) >= 11 is 0. The number of alkyl halides is 3. The Labute approximate surface area is 164 Å². The SMILES string of the molecule is CN(C)C(=O)Nc1cc(-c2cc(-c3ccccc3C(F)(F)F)[nH]c(=O)c2)ccn1. The van der Waals surface area contributed by atoms with Crippen LogP contribution in [0.15, 0.2) is 59.5 Å². The molecule has 0 saturated carbocycles. The summed E-state index contributed by atoms with van der Waals surface area (Å²) < 4.78 is 40.1. The first kappa shape index (κ1) is 20.1. The number of H-pyrrole nitrogens is 1. The van der Waals surface area contributed by atoms with Crippen molar-refractivity contribution in [3.63, 3.8) is 0 Å². The van der Waals surface area contributed by atoms with Gasteiger partial charge in [-0.3, -0.25) is 10.1 Å². The molecular weight excluding hydrogens is 385 g/mol. The van der Waals surface area contributed by atoms with Crippen molar-refractivity contribution in [1.29, 1.82) is 0 Å².